The molecule has 136 valence electrons. The van der Waals surface area contributed by atoms with E-state index >= 15 is 0 Å². The fourth-order valence-corrected chi connectivity index (χ4v) is 4.18. The van der Waals surface area contributed by atoms with Crippen molar-refractivity contribution in [1.82, 2.24) is 0 Å². The molecule has 2 heterocycles. The van der Waals surface area contributed by atoms with Crippen LogP contribution in [0.3, 0.4) is 0 Å². The van der Waals surface area contributed by atoms with E-state index in [4.69, 9.17) is 9.47 Å². The SMILES string of the molecule is CC1(C2(O)C(=O)N(c3ccccc3)c3ccc4ccccc4c32)OCCO1. The van der Waals surface area contributed by atoms with Crippen LogP contribution >= 0.6 is 0 Å². The first-order chi connectivity index (χ1) is 13.1. The maximum Gasteiger partial charge on any atom is 0.274 e. The van der Waals surface area contributed by atoms with Crippen molar-refractivity contribution in [2.75, 3.05) is 18.1 Å². The third-order valence-corrected chi connectivity index (χ3v) is 5.53. The van der Waals surface area contributed by atoms with Crippen molar-refractivity contribution in [3.8, 4) is 0 Å². The van der Waals surface area contributed by atoms with Crippen molar-refractivity contribution in [2.24, 2.45) is 0 Å². The molecule has 5 rings (SSSR count). The fraction of sp³-hybridized carbons (Fsp3) is 0.227. The van der Waals surface area contributed by atoms with Gasteiger partial charge in [0.1, 0.15) is 0 Å². The second kappa shape index (κ2) is 5.63. The predicted octanol–water partition coefficient (Wildman–Crippen LogP) is 3.47. The number of rotatable bonds is 2. The first kappa shape index (κ1) is 16.4. The number of fused-ring (bicyclic) bond motifs is 3. The summed E-state index contributed by atoms with van der Waals surface area (Å²) < 4.78 is 11.5. The lowest BCUT2D eigenvalue weighted by atomic mass is 9.84. The maximum absolute atomic E-state index is 13.6. The van der Waals surface area contributed by atoms with Gasteiger partial charge in [0.2, 0.25) is 11.4 Å². The standard InChI is InChI=1S/C22H19NO4/c1-21(26-13-14-27-21)22(25)19-17-10-6-5-7-15(17)11-12-18(19)23(20(22)24)16-8-3-2-4-9-16/h2-12,25H,13-14H2,1H3. The maximum atomic E-state index is 13.6. The summed E-state index contributed by atoms with van der Waals surface area (Å²) in [4.78, 5) is 15.2. The summed E-state index contributed by atoms with van der Waals surface area (Å²) in [6.45, 7) is 2.30. The number of ether oxygens (including phenoxy) is 2. The highest BCUT2D eigenvalue weighted by molar-refractivity contribution is 6.16. The molecule has 3 aromatic rings. The average molecular weight is 361 g/mol. The lowest BCUT2D eigenvalue weighted by Gasteiger charge is -2.36. The van der Waals surface area contributed by atoms with Crippen LogP contribution in [0.15, 0.2) is 66.7 Å². The van der Waals surface area contributed by atoms with Gasteiger partial charge in [-0.3, -0.25) is 9.69 Å². The predicted molar refractivity (Wildman–Crippen MR) is 102 cm³/mol. The van der Waals surface area contributed by atoms with Crippen LogP contribution in [0.2, 0.25) is 0 Å². The minimum absolute atomic E-state index is 0.331. The number of amides is 1. The summed E-state index contributed by atoms with van der Waals surface area (Å²) in [7, 11) is 0. The van der Waals surface area contributed by atoms with Gasteiger partial charge in [-0.15, -0.1) is 0 Å². The van der Waals surface area contributed by atoms with Gasteiger partial charge in [-0.05, 0) is 35.9 Å². The minimum atomic E-state index is -1.95. The van der Waals surface area contributed by atoms with Crippen LogP contribution in [0.1, 0.15) is 12.5 Å². The minimum Gasteiger partial charge on any atom is -0.371 e. The van der Waals surface area contributed by atoms with Crippen molar-refractivity contribution < 1.29 is 19.4 Å². The molecule has 27 heavy (non-hydrogen) atoms. The summed E-state index contributed by atoms with van der Waals surface area (Å²) in [5.74, 6) is -1.92. The molecular weight excluding hydrogens is 342 g/mol. The molecule has 1 saturated heterocycles. The van der Waals surface area contributed by atoms with Crippen LogP contribution in [-0.4, -0.2) is 30.0 Å². The highest BCUT2D eigenvalue weighted by Crippen LogP contribution is 2.53. The molecule has 3 aromatic carbocycles. The van der Waals surface area contributed by atoms with Crippen LogP contribution in [0.4, 0.5) is 11.4 Å². The van der Waals surface area contributed by atoms with Crippen molar-refractivity contribution in [1.29, 1.82) is 0 Å². The van der Waals surface area contributed by atoms with E-state index in [-0.39, 0.29) is 0 Å². The molecule has 1 unspecified atom stereocenters. The molecule has 0 radical (unpaired) electrons. The Morgan fingerprint density at radius 1 is 0.926 bits per heavy atom. The Morgan fingerprint density at radius 3 is 2.33 bits per heavy atom. The van der Waals surface area contributed by atoms with E-state index in [1.807, 2.05) is 66.7 Å². The van der Waals surface area contributed by atoms with Crippen LogP contribution in [0.25, 0.3) is 10.8 Å². The summed E-state index contributed by atoms with van der Waals surface area (Å²) in [5.41, 5.74) is -0.0849. The Kier molecular flexibility index (Phi) is 3.43. The van der Waals surface area contributed by atoms with E-state index in [2.05, 4.69) is 0 Å². The van der Waals surface area contributed by atoms with Gasteiger partial charge in [-0.25, -0.2) is 0 Å². The van der Waals surface area contributed by atoms with Gasteiger partial charge in [0.15, 0.2) is 0 Å². The van der Waals surface area contributed by atoms with Crippen molar-refractivity contribution in [3.63, 3.8) is 0 Å². The molecule has 1 N–H and O–H groups in total. The summed E-state index contributed by atoms with van der Waals surface area (Å²) in [6.07, 6.45) is 0. The second-order valence-corrected chi connectivity index (χ2v) is 7.01. The quantitative estimate of drug-likeness (QED) is 0.759. The third-order valence-electron chi connectivity index (χ3n) is 5.53. The summed E-state index contributed by atoms with van der Waals surface area (Å²) in [6, 6.07) is 20.9. The zero-order chi connectivity index (χ0) is 18.6. The second-order valence-electron chi connectivity index (χ2n) is 7.01. The number of anilines is 2. The van der Waals surface area contributed by atoms with Crippen molar-refractivity contribution in [3.05, 3.63) is 72.3 Å². The van der Waals surface area contributed by atoms with Gasteiger partial charge in [0, 0.05) is 11.3 Å². The number of benzene rings is 3. The Hall–Kier alpha value is -2.73. The molecule has 1 fully saturated rings. The number of carbonyl (C=O) groups excluding carboxylic acids is 1. The summed E-state index contributed by atoms with van der Waals surface area (Å²) >= 11 is 0. The van der Waals surface area contributed by atoms with Gasteiger partial charge in [-0.2, -0.15) is 0 Å². The number of para-hydroxylation sites is 1. The van der Waals surface area contributed by atoms with Crippen LogP contribution in [0.5, 0.6) is 0 Å². The monoisotopic (exact) mass is 361 g/mol. The molecule has 0 spiro atoms. The number of hydrogen-bond donors (Lipinski definition) is 1. The van der Waals surface area contributed by atoms with Gasteiger partial charge in [0.25, 0.3) is 5.91 Å². The van der Waals surface area contributed by atoms with Gasteiger partial charge in [-0.1, -0.05) is 48.5 Å². The molecule has 5 nitrogen and oxygen atoms in total. The first-order valence-corrected chi connectivity index (χ1v) is 8.98. The Labute approximate surface area is 156 Å². The molecule has 2 aliphatic heterocycles. The number of nitrogens with zero attached hydrogens (tertiary/aromatic N) is 1. The average Bonchev–Trinajstić information content (AvgIpc) is 3.25. The zero-order valence-corrected chi connectivity index (χ0v) is 14.9. The smallest absolute Gasteiger partial charge is 0.274 e. The van der Waals surface area contributed by atoms with E-state index in [1.54, 1.807) is 11.8 Å². The van der Waals surface area contributed by atoms with Crippen LogP contribution in [0, 0.1) is 0 Å². The molecule has 0 bridgehead atoms. The lowest BCUT2D eigenvalue weighted by molar-refractivity contribution is -0.252. The topological polar surface area (TPSA) is 59.0 Å². The molecular formula is C22H19NO4. The highest BCUT2D eigenvalue weighted by atomic mass is 16.7. The Balaban J connectivity index is 1.85. The zero-order valence-electron chi connectivity index (χ0n) is 14.9. The van der Waals surface area contributed by atoms with Gasteiger partial charge >= 0.3 is 0 Å². The van der Waals surface area contributed by atoms with Gasteiger partial charge < -0.3 is 14.6 Å². The fourth-order valence-electron chi connectivity index (χ4n) is 4.18. The molecule has 0 saturated carbocycles. The van der Waals surface area contributed by atoms with Crippen molar-refractivity contribution in [2.45, 2.75) is 18.3 Å². The van der Waals surface area contributed by atoms with Crippen LogP contribution < -0.4 is 4.90 Å². The Morgan fingerprint density at radius 2 is 1.59 bits per heavy atom. The molecule has 0 aliphatic carbocycles. The molecule has 5 heteroatoms. The van der Waals surface area contributed by atoms with E-state index in [9.17, 15) is 9.90 Å². The van der Waals surface area contributed by atoms with E-state index in [0.29, 0.717) is 30.2 Å². The van der Waals surface area contributed by atoms with E-state index in [1.165, 1.54) is 0 Å². The van der Waals surface area contributed by atoms with Gasteiger partial charge in [0.05, 0.1) is 18.9 Å². The summed E-state index contributed by atoms with van der Waals surface area (Å²) in [5, 5.41) is 13.6. The van der Waals surface area contributed by atoms with E-state index in [0.717, 1.165) is 10.8 Å². The normalized spacial score (nSPS) is 23.8. The largest absolute Gasteiger partial charge is 0.371 e. The van der Waals surface area contributed by atoms with E-state index < -0.39 is 17.3 Å². The number of aliphatic hydroxyl groups is 1. The molecule has 2 aliphatic rings. The van der Waals surface area contributed by atoms with Crippen molar-refractivity contribution >= 4 is 28.1 Å². The third kappa shape index (κ3) is 2.07. The Bertz CT molecular complexity index is 1040. The number of carbonyl (C=O) groups is 1. The lowest BCUT2D eigenvalue weighted by Crippen LogP contribution is -2.56. The molecule has 0 aromatic heterocycles. The number of hydrogen-bond acceptors (Lipinski definition) is 4. The highest BCUT2D eigenvalue weighted by Gasteiger charge is 2.65. The molecule has 1 atom stereocenters. The van der Waals surface area contributed by atoms with Crippen LogP contribution in [-0.2, 0) is 19.9 Å². The molecule has 1 amide bonds. The first-order valence-electron chi connectivity index (χ1n) is 8.98.